The molecule has 0 aromatic carbocycles. The molecular weight excluding hydrogens is 290 g/mol. The van der Waals surface area contributed by atoms with E-state index in [4.69, 9.17) is 0 Å². The van der Waals surface area contributed by atoms with Crippen molar-refractivity contribution in [2.24, 2.45) is 23.7 Å². The van der Waals surface area contributed by atoms with E-state index in [1.54, 1.807) is 0 Å². The lowest BCUT2D eigenvalue weighted by Crippen LogP contribution is -2.47. The first-order chi connectivity index (χ1) is 11.0. The van der Waals surface area contributed by atoms with Gasteiger partial charge >= 0.3 is 0 Å². The van der Waals surface area contributed by atoms with E-state index < -0.39 is 0 Å². The Kier molecular flexibility index (Phi) is 7.07. The van der Waals surface area contributed by atoms with Crippen molar-refractivity contribution in [3.8, 4) is 0 Å². The molecule has 2 atom stereocenters. The highest BCUT2D eigenvalue weighted by molar-refractivity contribution is 5.78. The number of hydrogen-bond acceptors (Lipinski definition) is 3. The van der Waals surface area contributed by atoms with Crippen molar-refractivity contribution in [1.82, 2.24) is 5.32 Å². The molecule has 2 aliphatic rings. The van der Waals surface area contributed by atoms with Gasteiger partial charge in [0, 0.05) is 18.9 Å². The molecule has 0 aliphatic heterocycles. The second-order valence-electron chi connectivity index (χ2n) is 8.00. The number of rotatable bonds is 6. The Balaban J connectivity index is 1.79. The standard InChI is InChI=1S/C19H33NO3/c1-13-10-16(12-15-5-7-17(22)8-6-15)11-14(2)19(13)20-18(23)4-3-9-21/h9,13-17,19,22H,3-8,10-12H2,1-2H3,(H,20,23). The quantitative estimate of drug-likeness (QED) is 0.738. The molecule has 4 heteroatoms. The summed E-state index contributed by atoms with van der Waals surface area (Å²) in [6.45, 7) is 4.50. The maximum Gasteiger partial charge on any atom is 0.220 e. The first-order valence-electron chi connectivity index (χ1n) is 9.40. The van der Waals surface area contributed by atoms with Gasteiger partial charge in [-0.15, -0.1) is 0 Å². The molecule has 2 N–H and O–H groups in total. The zero-order chi connectivity index (χ0) is 16.8. The molecular formula is C19H33NO3. The molecule has 0 saturated heterocycles. The molecule has 0 radical (unpaired) electrons. The average Bonchev–Trinajstić information content (AvgIpc) is 2.51. The van der Waals surface area contributed by atoms with Crippen LogP contribution in [0, 0.1) is 23.7 Å². The fraction of sp³-hybridized carbons (Fsp3) is 0.895. The Morgan fingerprint density at radius 1 is 1.09 bits per heavy atom. The van der Waals surface area contributed by atoms with Gasteiger partial charge in [0.25, 0.3) is 0 Å². The minimum atomic E-state index is -0.0681. The zero-order valence-electron chi connectivity index (χ0n) is 14.7. The number of nitrogens with one attached hydrogen (secondary N) is 1. The summed E-state index contributed by atoms with van der Waals surface area (Å²) >= 11 is 0. The van der Waals surface area contributed by atoms with Crippen LogP contribution in [0.2, 0.25) is 0 Å². The van der Waals surface area contributed by atoms with Gasteiger partial charge in [-0.1, -0.05) is 13.8 Å². The molecule has 0 aromatic heterocycles. The summed E-state index contributed by atoms with van der Waals surface area (Å²) in [5.74, 6) is 2.54. The second-order valence-corrected chi connectivity index (χ2v) is 8.00. The van der Waals surface area contributed by atoms with Gasteiger partial charge < -0.3 is 15.2 Å². The van der Waals surface area contributed by atoms with Gasteiger partial charge in [0.1, 0.15) is 6.29 Å². The number of hydrogen-bond donors (Lipinski definition) is 2. The van der Waals surface area contributed by atoms with Gasteiger partial charge in [0.05, 0.1) is 6.10 Å². The van der Waals surface area contributed by atoms with Crippen LogP contribution in [0.3, 0.4) is 0 Å². The smallest absolute Gasteiger partial charge is 0.220 e. The van der Waals surface area contributed by atoms with E-state index in [0.717, 1.165) is 31.0 Å². The molecule has 2 saturated carbocycles. The Bertz CT molecular complexity index is 378. The molecule has 2 fully saturated rings. The van der Waals surface area contributed by atoms with Crippen LogP contribution in [0.1, 0.15) is 71.6 Å². The van der Waals surface area contributed by atoms with Crippen molar-refractivity contribution in [2.75, 3.05) is 0 Å². The lowest BCUT2D eigenvalue weighted by atomic mass is 9.69. The minimum absolute atomic E-state index is 0.0144. The van der Waals surface area contributed by atoms with Crippen molar-refractivity contribution in [1.29, 1.82) is 0 Å². The summed E-state index contributed by atoms with van der Waals surface area (Å²) in [7, 11) is 0. The third kappa shape index (κ3) is 5.59. The van der Waals surface area contributed by atoms with Crippen LogP contribution in [0.25, 0.3) is 0 Å². The van der Waals surface area contributed by atoms with E-state index >= 15 is 0 Å². The van der Waals surface area contributed by atoms with Crippen LogP contribution in [-0.2, 0) is 9.59 Å². The fourth-order valence-electron chi connectivity index (χ4n) is 4.78. The summed E-state index contributed by atoms with van der Waals surface area (Å²) in [6, 6.07) is 0.249. The molecule has 4 nitrogen and oxygen atoms in total. The Morgan fingerprint density at radius 3 is 2.26 bits per heavy atom. The van der Waals surface area contributed by atoms with Gasteiger partial charge in [0.2, 0.25) is 5.91 Å². The van der Waals surface area contributed by atoms with Crippen LogP contribution in [-0.4, -0.2) is 29.4 Å². The Hall–Kier alpha value is -0.900. The highest BCUT2D eigenvalue weighted by Gasteiger charge is 2.35. The van der Waals surface area contributed by atoms with E-state index in [9.17, 15) is 14.7 Å². The Morgan fingerprint density at radius 2 is 1.70 bits per heavy atom. The maximum atomic E-state index is 11.9. The summed E-state index contributed by atoms with van der Waals surface area (Å²) < 4.78 is 0. The van der Waals surface area contributed by atoms with Crippen LogP contribution >= 0.6 is 0 Å². The highest BCUT2D eigenvalue weighted by Crippen LogP contribution is 2.39. The third-order valence-electron chi connectivity index (χ3n) is 5.94. The number of aliphatic hydroxyl groups is 1. The lowest BCUT2D eigenvalue weighted by molar-refractivity contribution is -0.124. The molecule has 2 rings (SSSR count). The maximum absolute atomic E-state index is 11.9. The number of aliphatic hydroxyl groups excluding tert-OH is 1. The van der Waals surface area contributed by atoms with Gasteiger partial charge in [-0.3, -0.25) is 4.79 Å². The first kappa shape index (κ1) is 18.4. The molecule has 23 heavy (non-hydrogen) atoms. The molecule has 0 bridgehead atoms. The van der Waals surface area contributed by atoms with Crippen LogP contribution in [0.4, 0.5) is 0 Å². The minimum Gasteiger partial charge on any atom is -0.393 e. The highest BCUT2D eigenvalue weighted by atomic mass is 16.3. The second kappa shape index (κ2) is 8.81. The summed E-state index contributed by atoms with van der Waals surface area (Å²) in [4.78, 5) is 22.3. The largest absolute Gasteiger partial charge is 0.393 e. The molecule has 1 amide bonds. The van der Waals surface area contributed by atoms with Gasteiger partial charge in [0.15, 0.2) is 0 Å². The number of carbonyl (C=O) groups excluding carboxylic acids is 2. The third-order valence-corrected chi connectivity index (χ3v) is 5.94. The Labute approximate surface area is 140 Å². The van der Waals surface area contributed by atoms with Crippen LogP contribution in [0.5, 0.6) is 0 Å². The number of carbonyl (C=O) groups is 2. The lowest BCUT2D eigenvalue weighted by Gasteiger charge is -2.41. The van der Waals surface area contributed by atoms with E-state index in [1.807, 2.05) is 0 Å². The van der Waals surface area contributed by atoms with Crippen molar-refractivity contribution < 1.29 is 14.7 Å². The van der Waals surface area contributed by atoms with Gasteiger partial charge in [-0.25, -0.2) is 0 Å². The molecule has 0 spiro atoms. The predicted molar refractivity (Wildman–Crippen MR) is 90.9 cm³/mol. The van der Waals surface area contributed by atoms with Gasteiger partial charge in [-0.2, -0.15) is 0 Å². The SMILES string of the molecule is CC1CC(CC2CCC(O)CC2)CC(C)C1NC(=O)CCC=O. The van der Waals surface area contributed by atoms with E-state index in [1.165, 1.54) is 32.1 Å². The average molecular weight is 323 g/mol. The summed E-state index contributed by atoms with van der Waals surface area (Å²) in [5.41, 5.74) is 0. The van der Waals surface area contributed by atoms with Gasteiger partial charge in [-0.05, 0) is 68.6 Å². The molecule has 2 aliphatic carbocycles. The molecule has 132 valence electrons. The van der Waals surface area contributed by atoms with Crippen LogP contribution < -0.4 is 5.32 Å². The van der Waals surface area contributed by atoms with Crippen molar-refractivity contribution in [3.63, 3.8) is 0 Å². The van der Waals surface area contributed by atoms with Crippen molar-refractivity contribution in [3.05, 3.63) is 0 Å². The zero-order valence-corrected chi connectivity index (χ0v) is 14.7. The normalized spacial score (nSPS) is 38.0. The van der Waals surface area contributed by atoms with Crippen molar-refractivity contribution in [2.45, 2.75) is 83.8 Å². The van der Waals surface area contributed by atoms with Crippen molar-refractivity contribution >= 4 is 12.2 Å². The first-order valence-corrected chi connectivity index (χ1v) is 9.40. The monoisotopic (exact) mass is 323 g/mol. The predicted octanol–water partition coefficient (Wildman–Crippen LogP) is 3.07. The molecule has 0 aromatic rings. The summed E-state index contributed by atoms with van der Waals surface area (Å²) in [6.07, 6.45) is 9.31. The number of aldehydes is 1. The fourth-order valence-corrected chi connectivity index (χ4v) is 4.78. The van der Waals surface area contributed by atoms with E-state index in [2.05, 4.69) is 19.2 Å². The summed E-state index contributed by atoms with van der Waals surface area (Å²) in [5, 5.41) is 12.8. The molecule has 0 heterocycles. The van der Waals surface area contributed by atoms with E-state index in [-0.39, 0.29) is 18.1 Å². The topological polar surface area (TPSA) is 66.4 Å². The van der Waals surface area contributed by atoms with Crippen LogP contribution in [0.15, 0.2) is 0 Å². The number of amides is 1. The molecule has 2 unspecified atom stereocenters. The van der Waals surface area contributed by atoms with E-state index in [0.29, 0.717) is 24.7 Å².